The molecule has 1 aliphatic carbocycles. The van der Waals surface area contributed by atoms with Crippen molar-refractivity contribution in [2.75, 3.05) is 18.1 Å². The van der Waals surface area contributed by atoms with Crippen LogP contribution in [0.1, 0.15) is 44.2 Å². The van der Waals surface area contributed by atoms with E-state index in [2.05, 4.69) is 16.0 Å². The van der Waals surface area contributed by atoms with Gasteiger partial charge in [-0.25, -0.2) is 4.98 Å². The van der Waals surface area contributed by atoms with E-state index in [9.17, 15) is 0 Å². The van der Waals surface area contributed by atoms with Gasteiger partial charge in [0.2, 0.25) is 0 Å². The minimum Gasteiger partial charge on any atom is -0.374 e. The van der Waals surface area contributed by atoms with Crippen LogP contribution in [-0.2, 0) is 4.74 Å². The zero-order chi connectivity index (χ0) is 13.2. The van der Waals surface area contributed by atoms with Gasteiger partial charge in [-0.3, -0.25) is 0 Å². The molecule has 1 aromatic heterocycles. The summed E-state index contributed by atoms with van der Waals surface area (Å²) in [6.45, 7) is 3.76. The summed E-state index contributed by atoms with van der Waals surface area (Å²) in [4.78, 5) is 7.04. The molecule has 0 bridgehead atoms. The molecule has 0 aromatic carbocycles. The summed E-state index contributed by atoms with van der Waals surface area (Å²) < 4.78 is 5.93. The lowest BCUT2D eigenvalue weighted by atomic mass is 9.89. The third-order valence-corrected chi connectivity index (χ3v) is 4.31. The largest absolute Gasteiger partial charge is 0.374 e. The summed E-state index contributed by atoms with van der Waals surface area (Å²) >= 11 is 0. The molecule has 2 N–H and O–H groups in total. The minimum atomic E-state index is 0.0218. The van der Waals surface area contributed by atoms with Crippen LogP contribution in [-0.4, -0.2) is 30.3 Å². The van der Waals surface area contributed by atoms with Gasteiger partial charge in [-0.2, -0.15) is 0 Å². The highest BCUT2D eigenvalue weighted by Gasteiger charge is 2.35. The second kappa shape index (κ2) is 5.47. The Morgan fingerprint density at radius 1 is 1.42 bits per heavy atom. The van der Waals surface area contributed by atoms with Gasteiger partial charge in [-0.15, -0.1) is 0 Å². The molecule has 3 rings (SSSR count). The van der Waals surface area contributed by atoms with Crippen LogP contribution >= 0.6 is 0 Å². The summed E-state index contributed by atoms with van der Waals surface area (Å²) in [6.07, 6.45) is 7.22. The van der Waals surface area contributed by atoms with Crippen molar-refractivity contribution in [1.82, 2.24) is 4.98 Å². The summed E-state index contributed by atoms with van der Waals surface area (Å²) in [5.41, 5.74) is 7.24. The number of rotatable bonds is 2. The van der Waals surface area contributed by atoms with Crippen molar-refractivity contribution in [3.05, 3.63) is 23.9 Å². The molecular formula is C15H23N3O. The van der Waals surface area contributed by atoms with Crippen molar-refractivity contribution < 1.29 is 4.74 Å². The number of morpholine rings is 1. The van der Waals surface area contributed by atoms with E-state index in [1.807, 2.05) is 19.2 Å². The van der Waals surface area contributed by atoms with E-state index < -0.39 is 0 Å². The van der Waals surface area contributed by atoms with Crippen LogP contribution in [0.2, 0.25) is 0 Å². The molecule has 0 spiro atoms. The van der Waals surface area contributed by atoms with Crippen molar-refractivity contribution in [1.29, 1.82) is 0 Å². The lowest BCUT2D eigenvalue weighted by molar-refractivity contribution is -0.00907. The molecule has 1 aromatic rings. The summed E-state index contributed by atoms with van der Waals surface area (Å²) in [6, 6.07) is 4.57. The zero-order valence-corrected chi connectivity index (χ0v) is 11.6. The van der Waals surface area contributed by atoms with Crippen molar-refractivity contribution >= 4 is 5.82 Å². The van der Waals surface area contributed by atoms with Gasteiger partial charge in [0.25, 0.3) is 0 Å². The molecular weight excluding hydrogens is 238 g/mol. The van der Waals surface area contributed by atoms with Crippen molar-refractivity contribution in [2.24, 2.45) is 5.73 Å². The van der Waals surface area contributed by atoms with Crippen LogP contribution in [0, 0.1) is 0 Å². The summed E-state index contributed by atoms with van der Waals surface area (Å²) in [7, 11) is 0. The topological polar surface area (TPSA) is 51.4 Å². The molecule has 2 unspecified atom stereocenters. The van der Waals surface area contributed by atoms with Gasteiger partial charge in [0.05, 0.1) is 18.8 Å². The van der Waals surface area contributed by atoms with E-state index in [4.69, 9.17) is 10.5 Å². The van der Waals surface area contributed by atoms with Crippen molar-refractivity contribution in [3.63, 3.8) is 0 Å². The van der Waals surface area contributed by atoms with Gasteiger partial charge in [0.15, 0.2) is 0 Å². The number of anilines is 1. The number of fused-ring (bicyclic) bond motifs is 1. The van der Waals surface area contributed by atoms with Crippen LogP contribution < -0.4 is 10.6 Å². The summed E-state index contributed by atoms with van der Waals surface area (Å²) in [5.74, 6) is 1.07. The molecule has 4 heteroatoms. The second-order valence-electron chi connectivity index (χ2n) is 5.66. The Bertz CT molecular complexity index is 433. The molecule has 19 heavy (non-hydrogen) atoms. The number of hydrogen-bond donors (Lipinski definition) is 1. The molecule has 1 aliphatic heterocycles. The highest BCUT2D eigenvalue weighted by molar-refractivity contribution is 5.50. The third-order valence-electron chi connectivity index (χ3n) is 4.31. The Hall–Kier alpha value is -1.13. The number of nitrogens with two attached hydrogens (primary N) is 1. The molecule has 0 radical (unpaired) electrons. The van der Waals surface area contributed by atoms with Gasteiger partial charge < -0.3 is 15.4 Å². The van der Waals surface area contributed by atoms with Crippen LogP contribution in [0.3, 0.4) is 0 Å². The minimum absolute atomic E-state index is 0.0218. The van der Waals surface area contributed by atoms with E-state index in [0.29, 0.717) is 12.1 Å². The SMILES string of the molecule is C[C@@H](N)c1cccnc1N1CCOC2CCCCC21. The zero-order valence-electron chi connectivity index (χ0n) is 11.6. The fourth-order valence-corrected chi connectivity index (χ4v) is 3.36. The highest BCUT2D eigenvalue weighted by Crippen LogP contribution is 2.33. The lowest BCUT2D eigenvalue weighted by Gasteiger charge is -2.45. The first-order valence-corrected chi connectivity index (χ1v) is 7.36. The number of nitrogens with zero attached hydrogens (tertiary/aromatic N) is 2. The fraction of sp³-hybridized carbons (Fsp3) is 0.667. The first-order chi connectivity index (χ1) is 9.27. The lowest BCUT2D eigenvalue weighted by Crippen LogP contribution is -2.53. The molecule has 3 atom stereocenters. The number of ether oxygens (including phenoxy) is 1. The Kier molecular flexibility index (Phi) is 3.71. The molecule has 1 saturated heterocycles. The van der Waals surface area contributed by atoms with Gasteiger partial charge in [-0.1, -0.05) is 18.9 Å². The van der Waals surface area contributed by atoms with E-state index in [1.54, 1.807) is 0 Å². The molecule has 2 heterocycles. The first kappa shape index (κ1) is 12.9. The quantitative estimate of drug-likeness (QED) is 0.887. The molecule has 2 fully saturated rings. The van der Waals surface area contributed by atoms with Crippen LogP contribution in [0.4, 0.5) is 5.82 Å². The van der Waals surface area contributed by atoms with Crippen LogP contribution in [0.25, 0.3) is 0 Å². The number of hydrogen-bond acceptors (Lipinski definition) is 4. The summed E-state index contributed by atoms with van der Waals surface area (Å²) in [5, 5.41) is 0. The fourth-order valence-electron chi connectivity index (χ4n) is 3.36. The molecule has 4 nitrogen and oxygen atoms in total. The van der Waals surface area contributed by atoms with Crippen molar-refractivity contribution in [3.8, 4) is 0 Å². The first-order valence-electron chi connectivity index (χ1n) is 7.36. The average Bonchev–Trinajstić information content (AvgIpc) is 2.46. The Morgan fingerprint density at radius 2 is 2.26 bits per heavy atom. The van der Waals surface area contributed by atoms with E-state index >= 15 is 0 Å². The standard InChI is InChI=1S/C15H23N3O/c1-11(16)12-5-4-8-17-15(12)18-9-10-19-14-7-3-2-6-13(14)18/h4-5,8,11,13-14H,2-3,6-7,9-10,16H2,1H3/t11-,13?,14?/m1/s1. The predicted molar refractivity (Wildman–Crippen MR) is 76.2 cm³/mol. The molecule has 1 saturated carbocycles. The third kappa shape index (κ3) is 2.47. The Balaban J connectivity index is 1.91. The predicted octanol–water partition coefficient (Wildman–Crippen LogP) is 2.25. The van der Waals surface area contributed by atoms with Gasteiger partial charge in [0.1, 0.15) is 5.82 Å². The van der Waals surface area contributed by atoms with Gasteiger partial charge in [-0.05, 0) is 25.8 Å². The highest BCUT2D eigenvalue weighted by atomic mass is 16.5. The van der Waals surface area contributed by atoms with Gasteiger partial charge in [0, 0.05) is 24.3 Å². The maximum Gasteiger partial charge on any atom is 0.133 e. The molecule has 104 valence electrons. The van der Waals surface area contributed by atoms with E-state index in [0.717, 1.165) is 24.5 Å². The van der Waals surface area contributed by atoms with Crippen molar-refractivity contribution in [2.45, 2.75) is 50.8 Å². The normalized spacial score (nSPS) is 28.8. The maximum atomic E-state index is 6.09. The maximum absolute atomic E-state index is 6.09. The number of aromatic nitrogens is 1. The average molecular weight is 261 g/mol. The van der Waals surface area contributed by atoms with Crippen LogP contribution in [0.15, 0.2) is 18.3 Å². The Morgan fingerprint density at radius 3 is 3.11 bits per heavy atom. The Labute approximate surface area is 115 Å². The van der Waals surface area contributed by atoms with Crippen LogP contribution in [0.5, 0.6) is 0 Å². The monoisotopic (exact) mass is 261 g/mol. The van der Waals surface area contributed by atoms with Gasteiger partial charge >= 0.3 is 0 Å². The van der Waals surface area contributed by atoms with E-state index in [-0.39, 0.29) is 6.04 Å². The van der Waals surface area contributed by atoms with E-state index in [1.165, 1.54) is 25.7 Å². The molecule has 0 amide bonds. The second-order valence-corrected chi connectivity index (χ2v) is 5.66. The number of pyridine rings is 1. The smallest absolute Gasteiger partial charge is 0.133 e. The molecule has 2 aliphatic rings.